The summed E-state index contributed by atoms with van der Waals surface area (Å²) in [6, 6.07) is 5.99. The summed E-state index contributed by atoms with van der Waals surface area (Å²) in [5.41, 5.74) is 2.16. The normalized spacial score (nSPS) is 10.6. The summed E-state index contributed by atoms with van der Waals surface area (Å²) in [7, 11) is 1.66. The van der Waals surface area contributed by atoms with Crippen molar-refractivity contribution in [1.29, 1.82) is 0 Å². The van der Waals surface area contributed by atoms with E-state index in [0.717, 1.165) is 16.9 Å². The molecule has 0 aliphatic rings. The van der Waals surface area contributed by atoms with Gasteiger partial charge < -0.3 is 14.7 Å². The van der Waals surface area contributed by atoms with Crippen molar-refractivity contribution in [2.75, 3.05) is 20.2 Å². The number of carboxylic acid groups (broad SMARTS) is 1. The second kappa shape index (κ2) is 8.41. The van der Waals surface area contributed by atoms with Gasteiger partial charge in [-0.1, -0.05) is 26.0 Å². The van der Waals surface area contributed by atoms with E-state index in [1.54, 1.807) is 7.05 Å². The highest BCUT2D eigenvalue weighted by Gasteiger charge is 2.13. The highest BCUT2D eigenvalue weighted by Crippen LogP contribution is 2.27. The number of amides is 1. The average Bonchev–Trinajstić information content (AvgIpc) is 2.43. The Morgan fingerprint density at radius 2 is 2.00 bits per heavy atom. The van der Waals surface area contributed by atoms with E-state index >= 15 is 0 Å². The molecule has 0 aromatic heterocycles. The number of ether oxygens (including phenoxy) is 1. The Bertz CT molecular complexity index is 525. The van der Waals surface area contributed by atoms with Crippen LogP contribution in [0.5, 0.6) is 5.75 Å². The van der Waals surface area contributed by atoms with Gasteiger partial charge in [-0.25, -0.2) is 0 Å². The standard InChI is InChI=1S/C17H25NO4/c1-12(2)14-8-7-13(3)10-15(14)22-11-16(19)18(4)9-5-6-17(20)21/h7-8,10,12H,5-6,9,11H2,1-4H3,(H,20,21). The van der Waals surface area contributed by atoms with Gasteiger partial charge in [0.1, 0.15) is 5.75 Å². The molecule has 1 rings (SSSR count). The molecule has 122 valence electrons. The van der Waals surface area contributed by atoms with E-state index in [4.69, 9.17) is 9.84 Å². The molecule has 0 aliphatic heterocycles. The second-order valence-corrected chi connectivity index (χ2v) is 5.80. The van der Waals surface area contributed by atoms with Gasteiger partial charge >= 0.3 is 5.97 Å². The Morgan fingerprint density at radius 1 is 1.32 bits per heavy atom. The Hall–Kier alpha value is -2.04. The zero-order chi connectivity index (χ0) is 16.7. The molecule has 22 heavy (non-hydrogen) atoms. The number of aliphatic carboxylic acids is 1. The summed E-state index contributed by atoms with van der Waals surface area (Å²) < 4.78 is 5.68. The molecule has 0 radical (unpaired) electrons. The lowest BCUT2D eigenvalue weighted by Crippen LogP contribution is -2.32. The van der Waals surface area contributed by atoms with E-state index in [2.05, 4.69) is 13.8 Å². The number of nitrogens with zero attached hydrogens (tertiary/aromatic N) is 1. The number of rotatable bonds is 8. The summed E-state index contributed by atoms with van der Waals surface area (Å²) in [5.74, 6) is 0.0568. The molecule has 5 heteroatoms. The van der Waals surface area contributed by atoms with Crippen molar-refractivity contribution in [1.82, 2.24) is 4.90 Å². The van der Waals surface area contributed by atoms with Gasteiger partial charge in [0.15, 0.2) is 6.61 Å². The van der Waals surface area contributed by atoms with Crippen molar-refractivity contribution >= 4 is 11.9 Å². The average molecular weight is 307 g/mol. The molecule has 0 spiro atoms. The first-order valence-corrected chi connectivity index (χ1v) is 7.50. The molecule has 1 amide bonds. The van der Waals surface area contributed by atoms with Crippen molar-refractivity contribution in [3.8, 4) is 5.75 Å². The number of hydrogen-bond acceptors (Lipinski definition) is 3. The predicted molar refractivity (Wildman–Crippen MR) is 85.3 cm³/mol. The molecule has 0 saturated carbocycles. The Balaban J connectivity index is 2.56. The van der Waals surface area contributed by atoms with E-state index in [1.165, 1.54) is 4.90 Å². The molecule has 0 unspecified atom stereocenters. The fourth-order valence-corrected chi connectivity index (χ4v) is 2.09. The molecule has 1 aromatic rings. The minimum Gasteiger partial charge on any atom is -0.483 e. The van der Waals surface area contributed by atoms with Crippen molar-refractivity contribution < 1.29 is 19.4 Å². The summed E-state index contributed by atoms with van der Waals surface area (Å²) in [6.07, 6.45) is 0.507. The van der Waals surface area contributed by atoms with E-state index in [1.807, 2.05) is 25.1 Å². The van der Waals surface area contributed by atoms with Gasteiger partial charge in [0.25, 0.3) is 5.91 Å². The maximum Gasteiger partial charge on any atom is 0.303 e. The summed E-state index contributed by atoms with van der Waals surface area (Å²) >= 11 is 0. The number of carbonyl (C=O) groups excluding carboxylic acids is 1. The molecule has 0 heterocycles. The molecule has 0 atom stereocenters. The lowest BCUT2D eigenvalue weighted by Gasteiger charge is -2.19. The quantitative estimate of drug-likeness (QED) is 0.802. The lowest BCUT2D eigenvalue weighted by atomic mass is 10.0. The number of carbonyl (C=O) groups is 2. The van der Waals surface area contributed by atoms with Gasteiger partial charge in [-0.3, -0.25) is 9.59 Å². The van der Waals surface area contributed by atoms with Crippen molar-refractivity contribution in [3.05, 3.63) is 29.3 Å². The monoisotopic (exact) mass is 307 g/mol. The molecule has 0 fully saturated rings. The van der Waals surface area contributed by atoms with Crippen LogP contribution in [-0.2, 0) is 9.59 Å². The molecule has 5 nitrogen and oxygen atoms in total. The molecular weight excluding hydrogens is 282 g/mol. The molecule has 1 aromatic carbocycles. The molecule has 0 aliphatic carbocycles. The first kappa shape index (κ1) is 18.0. The van der Waals surface area contributed by atoms with Crippen LogP contribution in [-0.4, -0.2) is 42.1 Å². The Labute approximate surface area is 131 Å². The zero-order valence-corrected chi connectivity index (χ0v) is 13.8. The zero-order valence-electron chi connectivity index (χ0n) is 13.8. The molecule has 0 saturated heterocycles. The highest BCUT2D eigenvalue weighted by atomic mass is 16.5. The van der Waals surface area contributed by atoms with Crippen LogP contribution < -0.4 is 4.74 Å². The highest BCUT2D eigenvalue weighted by molar-refractivity contribution is 5.77. The SMILES string of the molecule is Cc1ccc(C(C)C)c(OCC(=O)N(C)CCCC(=O)O)c1. The van der Waals surface area contributed by atoms with Crippen molar-refractivity contribution in [2.45, 2.75) is 39.5 Å². The van der Waals surface area contributed by atoms with Crippen LogP contribution in [0.1, 0.15) is 43.7 Å². The van der Waals surface area contributed by atoms with Crippen LogP contribution in [0.25, 0.3) is 0 Å². The first-order valence-electron chi connectivity index (χ1n) is 7.50. The van der Waals surface area contributed by atoms with Gasteiger partial charge in [0, 0.05) is 20.0 Å². The number of aryl methyl sites for hydroxylation is 1. The minimum absolute atomic E-state index is 0.0350. The number of carboxylic acids is 1. The minimum atomic E-state index is -0.849. The lowest BCUT2D eigenvalue weighted by molar-refractivity contribution is -0.138. The Kier molecular flexibility index (Phi) is 6.89. The third-order valence-electron chi connectivity index (χ3n) is 3.45. The second-order valence-electron chi connectivity index (χ2n) is 5.80. The fourth-order valence-electron chi connectivity index (χ4n) is 2.09. The smallest absolute Gasteiger partial charge is 0.303 e. The van der Waals surface area contributed by atoms with Gasteiger partial charge in [0.2, 0.25) is 0 Å². The maximum absolute atomic E-state index is 12.0. The Morgan fingerprint density at radius 3 is 2.59 bits per heavy atom. The summed E-state index contributed by atoms with van der Waals surface area (Å²) in [6.45, 7) is 6.53. The van der Waals surface area contributed by atoms with Gasteiger partial charge in [-0.2, -0.15) is 0 Å². The van der Waals surface area contributed by atoms with Crippen LogP contribution in [0.4, 0.5) is 0 Å². The maximum atomic E-state index is 12.0. The van der Waals surface area contributed by atoms with Crippen LogP contribution in [0.3, 0.4) is 0 Å². The summed E-state index contributed by atoms with van der Waals surface area (Å²) in [5, 5.41) is 8.60. The van der Waals surface area contributed by atoms with Crippen LogP contribution in [0.2, 0.25) is 0 Å². The number of benzene rings is 1. The van der Waals surface area contributed by atoms with Crippen molar-refractivity contribution in [3.63, 3.8) is 0 Å². The predicted octanol–water partition coefficient (Wildman–Crippen LogP) is 2.82. The number of hydrogen-bond donors (Lipinski definition) is 1. The molecule has 0 bridgehead atoms. The van der Waals surface area contributed by atoms with Crippen LogP contribution >= 0.6 is 0 Å². The third kappa shape index (κ3) is 5.76. The fraction of sp³-hybridized carbons (Fsp3) is 0.529. The first-order chi connectivity index (χ1) is 10.3. The van der Waals surface area contributed by atoms with Gasteiger partial charge in [-0.15, -0.1) is 0 Å². The van der Waals surface area contributed by atoms with Crippen LogP contribution in [0.15, 0.2) is 18.2 Å². The van der Waals surface area contributed by atoms with E-state index < -0.39 is 5.97 Å². The third-order valence-corrected chi connectivity index (χ3v) is 3.45. The van der Waals surface area contributed by atoms with Gasteiger partial charge in [-0.05, 0) is 36.5 Å². The summed E-state index contributed by atoms with van der Waals surface area (Å²) in [4.78, 5) is 24.0. The largest absolute Gasteiger partial charge is 0.483 e. The van der Waals surface area contributed by atoms with Gasteiger partial charge in [0.05, 0.1) is 0 Å². The van der Waals surface area contributed by atoms with E-state index in [0.29, 0.717) is 18.9 Å². The topological polar surface area (TPSA) is 66.8 Å². The number of likely N-dealkylation sites (N-methyl/N-ethyl adjacent to an activating group) is 1. The van der Waals surface area contributed by atoms with E-state index in [-0.39, 0.29) is 18.9 Å². The van der Waals surface area contributed by atoms with E-state index in [9.17, 15) is 9.59 Å². The van der Waals surface area contributed by atoms with Crippen molar-refractivity contribution in [2.24, 2.45) is 0 Å². The molecule has 1 N–H and O–H groups in total. The molecular formula is C17H25NO4. The van der Waals surface area contributed by atoms with Crippen LogP contribution in [0, 0.1) is 6.92 Å².